The number of halogens is 4. The van der Waals surface area contributed by atoms with Crippen molar-refractivity contribution in [3.8, 4) is 0 Å². The molecule has 1 unspecified atom stereocenters. The van der Waals surface area contributed by atoms with Crippen molar-refractivity contribution in [3.05, 3.63) is 55.0 Å². The first-order chi connectivity index (χ1) is 12.1. The highest BCUT2D eigenvalue weighted by Gasteiger charge is 2.17. The van der Waals surface area contributed by atoms with Crippen LogP contribution in [0, 0.1) is 25.5 Å². The molecule has 0 aliphatic rings. The molecule has 0 saturated heterocycles. The Hall–Kier alpha value is -1.51. The summed E-state index contributed by atoms with van der Waals surface area (Å²) in [6, 6.07) is 2.39. The fraction of sp³-hybridized carbons (Fsp3) is 0.278. The summed E-state index contributed by atoms with van der Waals surface area (Å²) in [6.07, 6.45) is 0.503. The molecule has 0 bridgehead atoms. The summed E-state index contributed by atoms with van der Waals surface area (Å²) < 4.78 is 27.1. The SMILES string of the molecule is CCC(O)c1c(N)cc(F)c(C)c1Br.Cc1c(F)cc(N)c(C=O)c1Br. The third-order valence-corrected chi connectivity index (χ3v) is 5.92. The highest BCUT2D eigenvalue weighted by molar-refractivity contribution is 9.11. The van der Waals surface area contributed by atoms with Crippen LogP contribution in [0.1, 0.15) is 46.5 Å². The van der Waals surface area contributed by atoms with Crippen LogP contribution < -0.4 is 11.5 Å². The van der Waals surface area contributed by atoms with Gasteiger partial charge in [-0.2, -0.15) is 0 Å². The van der Waals surface area contributed by atoms with Gasteiger partial charge in [0.2, 0.25) is 0 Å². The number of aldehydes is 1. The summed E-state index contributed by atoms with van der Waals surface area (Å²) in [5.41, 5.74) is 13.2. The molecule has 0 fully saturated rings. The van der Waals surface area contributed by atoms with Crippen molar-refractivity contribution in [1.82, 2.24) is 0 Å². The lowest BCUT2D eigenvalue weighted by Crippen LogP contribution is -2.05. The van der Waals surface area contributed by atoms with Crippen molar-refractivity contribution in [2.45, 2.75) is 33.3 Å². The summed E-state index contributed by atoms with van der Waals surface area (Å²) in [5, 5.41) is 9.67. The molecule has 0 heterocycles. The van der Waals surface area contributed by atoms with Crippen LogP contribution >= 0.6 is 31.9 Å². The monoisotopic (exact) mass is 492 g/mol. The molecule has 1 atom stereocenters. The van der Waals surface area contributed by atoms with E-state index in [1.165, 1.54) is 6.07 Å². The number of nitrogen functional groups attached to an aromatic ring is 2. The molecule has 0 saturated carbocycles. The van der Waals surface area contributed by atoms with E-state index in [-0.39, 0.29) is 17.2 Å². The number of carbonyl (C=O) groups excluding carboxylic acids is 1. The number of rotatable bonds is 3. The van der Waals surface area contributed by atoms with Gasteiger partial charge in [0, 0.05) is 25.9 Å². The van der Waals surface area contributed by atoms with Gasteiger partial charge in [-0.05, 0) is 75.4 Å². The van der Waals surface area contributed by atoms with Crippen LogP contribution in [0.3, 0.4) is 0 Å². The molecule has 4 nitrogen and oxygen atoms in total. The number of hydrogen-bond acceptors (Lipinski definition) is 4. The number of anilines is 2. The second kappa shape index (κ2) is 9.43. The summed E-state index contributed by atoms with van der Waals surface area (Å²) in [5.74, 6) is -0.772. The maximum Gasteiger partial charge on any atom is 0.153 e. The zero-order valence-corrected chi connectivity index (χ0v) is 17.7. The van der Waals surface area contributed by atoms with E-state index in [9.17, 15) is 18.7 Å². The number of hydrogen-bond donors (Lipinski definition) is 3. The molecule has 0 radical (unpaired) electrons. The van der Waals surface area contributed by atoms with Crippen molar-refractivity contribution in [2.75, 3.05) is 11.5 Å². The second-order valence-electron chi connectivity index (χ2n) is 5.64. The van der Waals surface area contributed by atoms with Crippen LogP contribution in [-0.2, 0) is 0 Å². The van der Waals surface area contributed by atoms with Crippen LogP contribution in [-0.4, -0.2) is 11.4 Å². The first-order valence-corrected chi connectivity index (χ1v) is 9.26. The molecule has 2 aromatic carbocycles. The molecule has 0 amide bonds. The van der Waals surface area contributed by atoms with Crippen LogP contribution in [0.2, 0.25) is 0 Å². The number of aliphatic hydroxyl groups excluding tert-OH is 1. The molecular formula is C18H20Br2F2N2O2. The van der Waals surface area contributed by atoms with Gasteiger partial charge < -0.3 is 16.6 Å². The topological polar surface area (TPSA) is 89.3 Å². The first-order valence-electron chi connectivity index (χ1n) is 7.67. The molecule has 26 heavy (non-hydrogen) atoms. The minimum Gasteiger partial charge on any atom is -0.398 e. The van der Waals surface area contributed by atoms with E-state index in [2.05, 4.69) is 31.9 Å². The van der Waals surface area contributed by atoms with Crippen LogP contribution in [0.25, 0.3) is 0 Å². The minimum atomic E-state index is -0.649. The highest BCUT2D eigenvalue weighted by Crippen LogP contribution is 2.34. The Morgan fingerprint density at radius 2 is 1.54 bits per heavy atom. The Balaban J connectivity index is 0.000000263. The van der Waals surface area contributed by atoms with E-state index < -0.39 is 11.9 Å². The maximum absolute atomic E-state index is 13.2. The first kappa shape index (κ1) is 22.5. The Morgan fingerprint density at radius 3 is 2.00 bits per heavy atom. The van der Waals surface area contributed by atoms with E-state index in [0.29, 0.717) is 43.9 Å². The van der Waals surface area contributed by atoms with Crippen molar-refractivity contribution < 1.29 is 18.7 Å². The zero-order chi connectivity index (χ0) is 20.2. The van der Waals surface area contributed by atoms with Gasteiger partial charge in [-0.25, -0.2) is 8.78 Å². The van der Waals surface area contributed by atoms with E-state index >= 15 is 0 Å². The molecule has 2 aromatic rings. The standard InChI is InChI=1S/C10H13BrFNO.C8H7BrFNO/c1-3-8(14)9-7(13)4-6(12)5(2)10(9)11;1-4-6(10)2-7(11)5(3-12)8(4)9/h4,8,14H,3,13H2,1-2H3;2-3H,11H2,1H3. The average molecular weight is 494 g/mol. The fourth-order valence-electron chi connectivity index (χ4n) is 2.17. The molecule has 0 aromatic heterocycles. The van der Waals surface area contributed by atoms with Gasteiger partial charge in [0.15, 0.2) is 6.29 Å². The number of nitrogens with two attached hydrogens (primary N) is 2. The van der Waals surface area contributed by atoms with E-state index in [4.69, 9.17) is 11.5 Å². The van der Waals surface area contributed by atoms with Gasteiger partial charge in [0.1, 0.15) is 11.6 Å². The summed E-state index contributed by atoms with van der Waals surface area (Å²) in [7, 11) is 0. The van der Waals surface area contributed by atoms with Gasteiger partial charge in [0.05, 0.1) is 11.7 Å². The second-order valence-corrected chi connectivity index (χ2v) is 7.23. The van der Waals surface area contributed by atoms with Crippen LogP contribution in [0.5, 0.6) is 0 Å². The van der Waals surface area contributed by atoms with Crippen molar-refractivity contribution >= 4 is 49.5 Å². The Bertz CT molecular complexity index is 830. The van der Waals surface area contributed by atoms with Gasteiger partial charge >= 0.3 is 0 Å². The van der Waals surface area contributed by atoms with E-state index in [0.717, 1.165) is 6.07 Å². The van der Waals surface area contributed by atoms with Crippen molar-refractivity contribution in [2.24, 2.45) is 0 Å². The number of carbonyl (C=O) groups is 1. The largest absolute Gasteiger partial charge is 0.398 e. The van der Waals surface area contributed by atoms with Gasteiger partial charge in [-0.15, -0.1) is 0 Å². The predicted octanol–water partition coefficient (Wildman–Crippen LogP) is 5.21. The summed E-state index contributed by atoms with van der Waals surface area (Å²) in [4.78, 5) is 10.5. The molecule has 8 heteroatoms. The van der Waals surface area contributed by atoms with Crippen LogP contribution in [0.4, 0.5) is 20.2 Å². The van der Waals surface area contributed by atoms with Gasteiger partial charge in [0.25, 0.3) is 0 Å². The van der Waals surface area contributed by atoms with Crippen molar-refractivity contribution in [3.63, 3.8) is 0 Å². The van der Waals surface area contributed by atoms with Gasteiger partial charge in [-0.3, -0.25) is 4.79 Å². The summed E-state index contributed by atoms with van der Waals surface area (Å²) in [6.45, 7) is 5.06. The Labute approximate surface area is 167 Å². The maximum atomic E-state index is 13.2. The molecule has 0 aliphatic carbocycles. The molecule has 0 aliphatic heterocycles. The van der Waals surface area contributed by atoms with E-state index in [1.54, 1.807) is 13.8 Å². The molecule has 2 rings (SSSR count). The third-order valence-electron chi connectivity index (χ3n) is 3.87. The summed E-state index contributed by atoms with van der Waals surface area (Å²) >= 11 is 6.33. The zero-order valence-electron chi connectivity index (χ0n) is 14.5. The minimum absolute atomic E-state index is 0.153. The quantitative estimate of drug-likeness (QED) is 0.404. The average Bonchev–Trinajstić information content (AvgIpc) is 2.58. The molecule has 142 valence electrons. The lowest BCUT2D eigenvalue weighted by atomic mass is 10.0. The Kier molecular flexibility index (Phi) is 8.17. The normalized spacial score (nSPS) is 11.5. The predicted molar refractivity (Wildman–Crippen MR) is 107 cm³/mol. The van der Waals surface area contributed by atoms with Gasteiger partial charge in [-0.1, -0.05) is 6.92 Å². The van der Waals surface area contributed by atoms with E-state index in [1.807, 2.05) is 6.92 Å². The highest BCUT2D eigenvalue weighted by atomic mass is 79.9. The lowest BCUT2D eigenvalue weighted by Gasteiger charge is -2.15. The van der Waals surface area contributed by atoms with Crippen LogP contribution in [0.15, 0.2) is 21.1 Å². The number of benzene rings is 2. The number of aliphatic hydroxyl groups is 1. The smallest absolute Gasteiger partial charge is 0.153 e. The Morgan fingerprint density at radius 1 is 1.08 bits per heavy atom. The lowest BCUT2D eigenvalue weighted by molar-refractivity contribution is 0.112. The molecule has 5 N–H and O–H groups in total. The molecular weight excluding hydrogens is 474 g/mol. The molecule has 0 spiro atoms. The van der Waals surface area contributed by atoms with Crippen molar-refractivity contribution in [1.29, 1.82) is 0 Å². The third kappa shape index (κ3) is 4.81. The fourth-order valence-corrected chi connectivity index (χ4v) is 3.37.